The molecule has 6 nitrogen and oxygen atoms in total. The van der Waals surface area contributed by atoms with Gasteiger partial charge >= 0.3 is 0 Å². The summed E-state index contributed by atoms with van der Waals surface area (Å²) in [6.07, 6.45) is 1.48. The van der Waals surface area contributed by atoms with Gasteiger partial charge in [-0.25, -0.2) is 4.99 Å². The van der Waals surface area contributed by atoms with Crippen LogP contribution in [0, 0.1) is 5.92 Å². The molecule has 1 amide bonds. The average molecular weight is 342 g/mol. The fourth-order valence-electron chi connectivity index (χ4n) is 2.11. The lowest BCUT2D eigenvalue weighted by molar-refractivity contribution is 0.0996. The van der Waals surface area contributed by atoms with Crippen molar-refractivity contribution in [2.45, 2.75) is 27.3 Å². The van der Waals surface area contributed by atoms with Crippen LogP contribution in [0.15, 0.2) is 52.1 Å². The van der Waals surface area contributed by atoms with Gasteiger partial charge in [0.15, 0.2) is 11.7 Å². The Bertz CT molecular complexity index is 676. The molecule has 0 saturated heterocycles. The maximum Gasteiger partial charge on any atom is 0.291 e. The average Bonchev–Trinajstić information content (AvgIpc) is 3.13. The molecule has 6 heteroatoms. The number of nitrogens with one attached hydrogen (secondary N) is 3. The van der Waals surface area contributed by atoms with Crippen LogP contribution in [-0.2, 0) is 6.54 Å². The van der Waals surface area contributed by atoms with Gasteiger partial charge in [-0.1, -0.05) is 26.0 Å². The summed E-state index contributed by atoms with van der Waals surface area (Å²) in [6, 6.07) is 10.9. The van der Waals surface area contributed by atoms with Crippen LogP contribution in [0.2, 0.25) is 0 Å². The van der Waals surface area contributed by atoms with Gasteiger partial charge in [-0.2, -0.15) is 0 Å². The second kappa shape index (κ2) is 9.52. The number of amides is 1. The van der Waals surface area contributed by atoms with Crippen LogP contribution in [0.5, 0.6) is 0 Å². The minimum absolute atomic E-state index is 0.261. The van der Waals surface area contributed by atoms with Crippen LogP contribution in [0.25, 0.3) is 0 Å². The molecule has 0 bridgehead atoms. The highest BCUT2D eigenvalue weighted by atomic mass is 16.3. The summed E-state index contributed by atoms with van der Waals surface area (Å²) in [5.41, 5.74) is 1.79. The third-order valence-corrected chi connectivity index (χ3v) is 3.40. The number of anilines is 1. The first kappa shape index (κ1) is 18.6. The Morgan fingerprint density at radius 1 is 1.16 bits per heavy atom. The lowest BCUT2D eigenvalue weighted by atomic mass is 10.2. The molecule has 0 unspecified atom stereocenters. The number of furan rings is 1. The van der Waals surface area contributed by atoms with Gasteiger partial charge in [0, 0.05) is 18.8 Å². The summed E-state index contributed by atoms with van der Waals surface area (Å²) in [6.45, 7) is 8.63. The Kier molecular flexibility index (Phi) is 7.07. The lowest BCUT2D eigenvalue weighted by Gasteiger charge is -2.13. The smallest absolute Gasteiger partial charge is 0.291 e. The van der Waals surface area contributed by atoms with E-state index in [1.165, 1.54) is 6.26 Å². The topological polar surface area (TPSA) is 78.7 Å². The maximum atomic E-state index is 11.9. The molecule has 134 valence electrons. The Balaban J connectivity index is 1.92. The molecule has 25 heavy (non-hydrogen) atoms. The zero-order valence-corrected chi connectivity index (χ0v) is 15.0. The van der Waals surface area contributed by atoms with E-state index in [0.717, 1.165) is 30.3 Å². The van der Waals surface area contributed by atoms with Gasteiger partial charge < -0.3 is 20.4 Å². The van der Waals surface area contributed by atoms with Gasteiger partial charge in [0.2, 0.25) is 0 Å². The molecule has 2 aromatic rings. The van der Waals surface area contributed by atoms with Crippen molar-refractivity contribution in [3.05, 3.63) is 54.0 Å². The molecule has 0 radical (unpaired) electrons. The highest BCUT2D eigenvalue weighted by Gasteiger charge is 2.08. The van der Waals surface area contributed by atoms with E-state index in [2.05, 4.69) is 34.8 Å². The molecule has 0 aliphatic carbocycles. The second-order valence-electron chi connectivity index (χ2n) is 6.10. The van der Waals surface area contributed by atoms with Crippen LogP contribution in [-0.4, -0.2) is 25.0 Å². The lowest BCUT2D eigenvalue weighted by Crippen LogP contribution is -2.39. The van der Waals surface area contributed by atoms with Crippen molar-refractivity contribution in [1.82, 2.24) is 10.6 Å². The van der Waals surface area contributed by atoms with Gasteiger partial charge in [0.05, 0.1) is 12.8 Å². The third-order valence-electron chi connectivity index (χ3n) is 3.40. The first-order valence-electron chi connectivity index (χ1n) is 8.54. The molecule has 0 aliphatic heterocycles. The Hall–Kier alpha value is -2.76. The van der Waals surface area contributed by atoms with Crippen LogP contribution in [0.3, 0.4) is 0 Å². The Morgan fingerprint density at radius 3 is 2.52 bits per heavy atom. The fourth-order valence-corrected chi connectivity index (χ4v) is 2.11. The zero-order chi connectivity index (χ0) is 18.1. The van der Waals surface area contributed by atoms with E-state index >= 15 is 0 Å². The molecule has 0 saturated carbocycles. The first-order valence-corrected chi connectivity index (χ1v) is 8.54. The Morgan fingerprint density at radius 2 is 1.92 bits per heavy atom. The normalized spacial score (nSPS) is 11.4. The van der Waals surface area contributed by atoms with E-state index in [1.807, 2.05) is 31.2 Å². The highest BCUT2D eigenvalue weighted by Crippen LogP contribution is 2.12. The van der Waals surface area contributed by atoms with E-state index in [1.54, 1.807) is 12.1 Å². The minimum atomic E-state index is -0.261. The predicted molar refractivity (Wildman–Crippen MR) is 101 cm³/mol. The van der Waals surface area contributed by atoms with Gasteiger partial charge in [-0.05, 0) is 42.7 Å². The number of guanidine groups is 1. The summed E-state index contributed by atoms with van der Waals surface area (Å²) in [4.78, 5) is 16.5. The number of carbonyl (C=O) groups is 1. The molecular formula is C19H26N4O2. The minimum Gasteiger partial charge on any atom is -0.459 e. The van der Waals surface area contributed by atoms with E-state index in [9.17, 15) is 4.79 Å². The second-order valence-corrected chi connectivity index (χ2v) is 6.10. The summed E-state index contributed by atoms with van der Waals surface area (Å²) < 4.78 is 5.08. The molecule has 0 fully saturated rings. The third kappa shape index (κ3) is 6.33. The van der Waals surface area contributed by atoms with Crippen LogP contribution < -0.4 is 16.0 Å². The van der Waals surface area contributed by atoms with Crippen molar-refractivity contribution < 1.29 is 9.21 Å². The largest absolute Gasteiger partial charge is 0.459 e. The molecule has 1 heterocycles. The van der Waals surface area contributed by atoms with E-state index in [-0.39, 0.29) is 5.91 Å². The molecular weight excluding hydrogens is 316 g/mol. The number of carbonyl (C=O) groups excluding carboxylic acids is 1. The molecule has 1 aromatic heterocycles. The monoisotopic (exact) mass is 342 g/mol. The van der Waals surface area contributed by atoms with E-state index in [4.69, 9.17) is 4.42 Å². The van der Waals surface area contributed by atoms with Crippen molar-refractivity contribution in [1.29, 1.82) is 0 Å². The van der Waals surface area contributed by atoms with Crippen molar-refractivity contribution >= 4 is 17.6 Å². The van der Waals surface area contributed by atoms with Crippen molar-refractivity contribution in [2.24, 2.45) is 10.9 Å². The maximum absolute atomic E-state index is 11.9. The number of benzene rings is 1. The molecule has 1 aromatic carbocycles. The predicted octanol–water partition coefficient (Wildman–Crippen LogP) is 3.24. The quantitative estimate of drug-likeness (QED) is 0.533. The van der Waals surface area contributed by atoms with Gasteiger partial charge in [0.1, 0.15) is 0 Å². The standard InChI is InChI=1S/C19H26N4O2/c1-4-20-19(21-12-14(2)3)22-13-15-7-9-16(10-8-15)23-18(24)17-6-5-11-25-17/h5-11,14H,4,12-13H2,1-3H3,(H,23,24)(H2,20,21,22). The molecule has 3 N–H and O–H groups in total. The van der Waals surface area contributed by atoms with Gasteiger partial charge in [0.25, 0.3) is 5.91 Å². The number of rotatable bonds is 7. The highest BCUT2D eigenvalue weighted by molar-refractivity contribution is 6.02. The molecule has 0 spiro atoms. The summed E-state index contributed by atoms with van der Waals surface area (Å²) in [7, 11) is 0. The number of nitrogens with zero attached hydrogens (tertiary/aromatic N) is 1. The molecule has 0 atom stereocenters. The first-order chi connectivity index (χ1) is 12.1. The van der Waals surface area contributed by atoms with Gasteiger partial charge in [-0.15, -0.1) is 0 Å². The molecule has 0 aliphatic rings. The van der Waals surface area contributed by atoms with Crippen molar-refractivity contribution in [3.63, 3.8) is 0 Å². The van der Waals surface area contributed by atoms with E-state index in [0.29, 0.717) is 18.2 Å². The number of hydrogen-bond acceptors (Lipinski definition) is 3. The summed E-state index contributed by atoms with van der Waals surface area (Å²) in [5.74, 6) is 1.40. The van der Waals surface area contributed by atoms with Gasteiger partial charge in [-0.3, -0.25) is 4.79 Å². The fraction of sp³-hybridized carbons (Fsp3) is 0.368. The van der Waals surface area contributed by atoms with Crippen LogP contribution >= 0.6 is 0 Å². The van der Waals surface area contributed by atoms with E-state index < -0.39 is 0 Å². The molecule has 2 rings (SSSR count). The number of hydrogen-bond donors (Lipinski definition) is 3. The Labute approximate surface area is 148 Å². The summed E-state index contributed by atoms with van der Waals surface area (Å²) >= 11 is 0. The van der Waals surface area contributed by atoms with Crippen LogP contribution in [0.4, 0.5) is 5.69 Å². The zero-order valence-electron chi connectivity index (χ0n) is 15.0. The SMILES string of the molecule is CCNC(=NCc1ccc(NC(=O)c2ccco2)cc1)NCC(C)C. The van der Waals surface area contributed by atoms with Crippen molar-refractivity contribution in [2.75, 3.05) is 18.4 Å². The van der Waals surface area contributed by atoms with Crippen molar-refractivity contribution in [3.8, 4) is 0 Å². The summed E-state index contributed by atoms with van der Waals surface area (Å²) in [5, 5.41) is 9.34. The van der Waals surface area contributed by atoms with Crippen LogP contribution in [0.1, 0.15) is 36.9 Å². The number of aliphatic imine (C=N–C) groups is 1.